The second-order valence-electron chi connectivity index (χ2n) is 10.8. The Balaban J connectivity index is 1.07. The lowest BCUT2D eigenvalue weighted by molar-refractivity contribution is -0.0128. The predicted molar refractivity (Wildman–Crippen MR) is 182 cm³/mol. The van der Waals surface area contributed by atoms with Crippen molar-refractivity contribution in [3.05, 3.63) is 70.3 Å². The van der Waals surface area contributed by atoms with Crippen molar-refractivity contribution in [2.24, 2.45) is 0 Å². The average molecular weight is 690 g/mol. The van der Waals surface area contributed by atoms with E-state index >= 15 is 0 Å². The maximum atomic E-state index is 13.5. The van der Waals surface area contributed by atoms with E-state index in [1.54, 1.807) is 16.7 Å². The van der Waals surface area contributed by atoms with E-state index in [-0.39, 0.29) is 17.3 Å². The molecule has 0 radical (unpaired) electrons. The van der Waals surface area contributed by atoms with Gasteiger partial charge < -0.3 is 38.7 Å². The van der Waals surface area contributed by atoms with E-state index in [2.05, 4.69) is 15.0 Å². The summed E-state index contributed by atoms with van der Waals surface area (Å²) in [5.74, 6) is 1.56. The van der Waals surface area contributed by atoms with E-state index in [1.165, 1.54) is 12.1 Å². The molecule has 48 heavy (non-hydrogen) atoms. The Kier molecular flexibility index (Phi) is 16.6. The zero-order chi connectivity index (χ0) is 33.8. The molecule has 2 aromatic heterocycles. The summed E-state index contributed by atoms with van der Waals surface area (Å²) in [5.41, 5.74) is 7.45. The van der Waals surface area contributed by atoms with Crippen LogP contribution in [0.4, 0.5) is 10.3 Å². The van der Waals surface area contributed by atoms with Crippen LogP contribution in [-0.2, 0) is 30.2 Å². The molecule has 0 atom stereocenters. The highest BCUT2D eigenvalue weighted by atomic mass is 35.5. The van der Waals surface area contributed by atoms with Crippen LogP contribution < -0.4 is 16.0 Å². The monoisotopic (exact) mass is 689 g/mol. The summed E-state index contributed by atoms with van der Waals surface area (Å²) < 4.78 is 48.7. The Labute approximate surface area is 284 Å². The van der Waals surface area contributed by atoms with Crippen LogP contribution in [0.1, 0.15) is 31.2 Å². The molecule has 0 aliphatic heterocycles. The van der Waals surface area contributed by atoms with Gasteiger partial charge in [-0.3, -0.25) is 9.78 Å². The number of nitrogen functional groups attached to an aromatic ring is 1. The molecule has 0 saturated heterocycles. The smallest absolute Gasteiger partial charge is 0.280 e. The number of alkyl halides is 1. The second-order valence-corrected chi connectivity index (χ2v) is 11.2. The number of aromatic nitrogens is 4. The highest BCUT2D eigenvalue weighted by Crippen LogP contribution is 2.26. The largest absolute Gasteiger partial charge is 0.491 e. The minimum absolute atomic E-state index is 0.0132. The van der Waals surface area contributed by atoms with Crippen LogP contribution in [0, 0.1) is 5.82 Å². The highest BCUT2D eigenvalue weighted by molar-refractivity contribution is 6.17. The molecule has 14 heteroatoms. The number of nitrogens with zero attached hydrogens (tertiary/aromatic N) is 3. The van der Waals surface area contributed by atoms with Gasteiger partial charge in [0.15, 0.2) is 11.2 Å². The van der Waals surface area contributed by atoms with E-state index < -0.39 is 5.56 Å². The standard InChI is InChI=1S/C34H45ClFN5O7/c35-13-3-1-2-4-14-43-15-16-44-17-18-45-19-20-46-21-22-47-23-24-48-29-11-7-27(8-12-29)31-38-30-32(39-34(37)40-33(30)42)41(31)25-26-5-9-28(36)10-6-26/h5-12H,1-4,13-25H2,(H3,37,39,40,42). The molecule has 0 fully saturated rings. The molecule has 0 aliphatic rings. The maximum Gasteiger partial charge on any atom is 0.280 e. The Morgan fingerprint density at radius 1 is 0.708 bits per heavy atom. The molecule has 2 heterocycles. The lowest BCUT2D eigenvalue weighted by Crippen LogP contribution is -2.14. The molecule has 262 valence electrons. The molecule has 3 N–H and O–H groups in total. The highest BCUT2D eigenvalue weighted by Gasteiger charge is 2.18. The van der Waals surface area contributed by atoms with E-state index in [1.807, 2.05) is 24.3 Å². The van der Waals surface area contributed by atoms with Gasteiger partial charge in [-0.2, -0.15) is 4.98 Å². The normalized spacial score (nSPS) is 11.5. The van der Waals surface area contributed by atoms with Crippen molar-refractivity contribution in [2.75, 3.05) is 84.3 Å². The fourth-order valence-electron chi connectivity index (χ4n) is 4.72. The molecule has 2 aromatic carbocycles. The van der Waals surface area contributed by atoms with Gasteiger partial charge in [0.1, 0.15) is 24.0 Å². The fourth-order valence-corrected chi connectivity index (χ4v) is 4.91. The van der Waals surface area contributed by atoms with Gasteiger partial charge in [-0.15, -0.1) is 11.6 Å². The third kappa shape index (κ3) is 12.8. The number of aromatic amines is 1. The summed E-state index contributed by atoms with van der Waals surface area (Å²) in [4.78, 5) is 23.9. The summed E-state index contributed by atoms with van der Waals surface area (Å²) in [6.07, 6.45) is 4.44. The van der Waals surface area contributed by atoms with Crippen LogP contribution >= 0.6 is 11.6 Å². The van der Waals surface area contributed by atoms with E-state index in [4.69, 9.17) is 45.8 Å². The van der Waals surface area contributed by atoms with Crippen molar-refractivity contribution in [2.45, 2.75) is 32.2 Å². The summed E-state index contributed by atoms with van der Waals surface area (Å²) >= 11 is 5.66. The molecule has 4 aromatic rings. The number of hydrogen-bond donors (Lipinski definition) is 2. The van der Waals surface area contributed by atoms with Crippen LogP contribution in [0.25, 0.3) is 22.6 Å². The third-order valence-electron chi connectivity index (χ3n) is 7.15. The average Bonchev–Trinajstić information content (AvgIpc) is 3.44. The van der Waals surface area contributed by atoms with E-state index in [0.717, 1.165) is 49.3 Å². The minimum Gasteiger partial charge on any atom is -0.491 e. The molecule has 0 amide bonds. The number of ether oxygens (including phenoxy) is 6. The number of H-pyrrole nitrogens is 1. The fraction of sp³-hybridized carbons (Fsp3) is 0.500. The first kappa shape index (κ1) is 37.2. The number of rotatable bonds is 25. The molecule has 0 saturated carbocycles. The van der Waals surface area contributed by atoms with Crippen molar-refractivity contribution >= 4 is 28.7 Å². The van der Waals surface area contributed by atoms with Crippen LogP contribution in [-0.4, -0.2) is 98.1 Å². The predicted octanol–water partition coefficient (Wildman–Crippen LogP) is 4.82. The Bertz CT molecular complexity index is 1540. The van der Waals surface area contributed by atoms with Crippen LogP contribution in [0.15, 0.2) is 53.3 Å². The SMILES string of the molecule is Nc1nc2c(nc(-c3ccc(OCCOCCOCCOCCOCCOCCCCCCCl)cc3)n2Cc2ccc(F)cc2)c(=O)[nH]1. The maximum absolute atomic E-state index is 13.5. The molecule has 12 nitrogen and oxygen atoms in total. The number of hydrogen-bond acceptors (Lipinski definition) is 10. The molecule has 0 bridgehead atoms. The summed E-state index contributed by atoms with van der Waals surface area (Å²) in [6, 6.07) is 13.4. The van der Waals surface area contributed by atoms with Crippen molar-refractivity contribution in [1.29, 1.82) is 0 Å². The molecular formula is C34H45ClFN5O7. The number of unbranched alkanes of at least 4 members (excludes halogenated alkanes) is 3. The van der Waals surface area contributed by atoms with Gasteiger partial charge in [0.05, 0.1) is 66.0 Å². The zero-order valence-electron chi connectivity index (χ0n) is 27.2. The van der Waals surface area contributed by atoms with Gasteiger partial charge in [-0.05, 0) is 54.8 Å². The first-order valence-electron chi connectivity index (χ1n) is 16.2. The minimum atomic E-state index is -0.436. The van der Waals surface area contributed by atoms with Crippen LogP contribution in [0.5, 0.6) is 5.75 Å². The lowest BCUT2D eigenvalue weighted by Gasteiger charge is -2.11. The Hall–Kier alpha value is -3.59. The zero-order valence-corrected chi connectivity index (χ0v) is 27.9. The van der Waals surface area contributed by atoms with Gasteiger partial charge in [0.2, 0.25) is 5.95 Å². The van der Waals surface area contributed by atoms with Crippen molar-refractivity contribution in [1.82, 2.24) is 19.5 Å². The summed E-state index contributed by atoms with van der Waals surface area (Å²) in [7, 11) is 0. The first-order valence-corrected chi connectivity index (χ1v) is 16.8. The molecule has 0 unspecified atom stereocenters. The van der Waals surface area contributed by atoms with Gasteiger partial charge in [-0.1, -0.05) is 25.0 Å². The molecular weight excluding hydrogens is 645 g/mol. The molecule has 0 spiro atoms. The quantitative estimate of drug-likeness (QED) is 0.0734. The third-order valence-corrected chi connectivity index (χ3v) is 7.41. The Morgan fingerprint density at radius 2 is 1.27 bits per heavy atom. The molecule has 4 rings (SSSR count). The van der Waals surface area contributed by atoms with Crippen molar-refractivity contribution < 1.29 is 32.8 Å². The number of nitrogens with one attached hydrogen (secondary N) is 1. The number of benzene rings is 2. The van der Waals surface area contributed by atoms with Gasteiger partial charge in [0, 0.05) is 18.1 Å². The summed E-state index contributed by atoms with van der Waals surface area (Å²) in [6.45, 7) is 5.92. The number of imidazole rings is 1. The van der Waals surface area contributed by atoms with Crippen molar-refractivity contribution in [3.63, 3.8) is 0 Å². The van der Waals surface area contributed by atoms with Gasteiger partial charge >= 0.3 is 0 Å². The Morgan fingerprint density at radius 3 is 1.88 bits per heavy atom. The van der Waals surface area contributed by atoms with E-state index in [9.17, 15) is 9.18 Å². The van der Waals surface area contributed by atoms with E-state index in [0.29, 0.717) is 89.8 Å². The number of fused-ring (bicyclic) bond motifs is 1. The topological polar surface area (TPSA) is 145 Å². The van der Waals surface area contributed by atoms with Gasteiger partial charge in [0.25, 0.3) is 5.56 Å². The number of nitrogens with two attached hydrogens (primary N) is 1. The number of anilines is 1. The van der Waals surface area contributed by atoms with Crippen LogP contribution in [0.3, 0.4) is 0 Å². The molecule has 0 aliphatic carbocycles. The first-order chi connectivity index (χ1) is 23.5. The van der Waals surface area contributed by atoms with Crippen molar-refractivity contribution in [3.8, 4) is 17.1 Å². The lowest BCUT2D eigenvalue weighted by atomic mass is 10.2. The van der Waals surface area contributed by atoms with Crippen LogP contribution in [0.2, 0.25) is 0 Å². The summed E-state index contributed by atoms with van der Waals surface area (Å²) in [5, 5.41) is 0. The second kappa shape index (κ2) is 21.4. The number of halogens is 2. The van der Waals surface area contributed by atoms with Gasteiger partial charge in [-0.25, -0.2) is 9.37 Å².